The van der Waals surface area contributed by atoms with E-state index in [4.69, 9.17) is 9.84 Å². The van der Waals surface area contributed by atoms with Crippen molar-refractivity contribution in [2.75, 3.05) is 19.6 Å². The summed E-state index contributed by atoms with van der Waals surface area (Å²) in [5.74, 6) is -0.748. The lowest BCUT2D eigenvalue weighted by molar-refractivity contribution is -0.147. The van der Waals surface area contributed by atoms with Gasteiger partial charge in [0.2, 0.25) is 0 Å². The number of hydrogen-bond donors (Lipinski definition) is 1. The minimum Gasteiger partial charge on any atom is -0.488 e. The average molecular weight is 625 g/mol. The molecule has 4 nitrogen and oxygen atoms in total. The predicted molar refractivity (Wildman–Crippen MR) is 128 cm³/mol. The molecule has 194 valence electrons. The highest BCUT2D eigenvalue weighted by atomic mass is 127. The van der Waals surface area contributed by atoms with Crippen molar-refractivity contribution >= 4 is 34.1 Å². The number of likely N-dealkylation sites (tertiary alicyclic amines) is 1. The summed E-state index contributed by atoms with van der Waals surface area (Å²) in [6.45, 7) is 3.20. The SMILES string of the molecule is CC1=C(CN2CC(C(=O)O)C2)CCc2c1ccc(OCc1ccc(C(F)(F)F)cc1C(F)(F)F)c2I. The van der Waals surface area contributed by atoms with Crippen LogP contribution in [0.25, 0.3) is 5.57 Å². The zero-order valence-electron chi connectivity index (χ0n) is 19.1. The number of rotatable bonds is 6. The Morgan fingerprint density at radius 1 is 1.08 bits per heavy atom. The van der Waals surface area contributed by atoms with Crippen molar-refractivity contribution in [2.45, 2.75) is 38.7 Å². The largest absolute Gasteiger partial charge is 0.488 e. The van der Waals surface area contributed by atoms with E-state index in [0.29, 0.717) is 37.9 Å². The number of halogens is 7. The molecule has 2 aromatic carbocycles. The third kappa shape index (κ3) is 5.51. The maximum absolute atomic E-state index is 13.4. The minimum atomic E-state index is -4.96. The molecule has 1 saturated heterocycles. The van der Waals surface area contributed by atoms with Crippen LogP contribution in [-0.4, -0.2) is 35.6 Å². The fourth-order valence-electron chi connectivity index (χ4n) is 4.58. The van der Waals surface area contributed by atoms with Crippen molar-refractivity contribution in [3.05, 3.63) is 67.3 Å². The Kier molecular flexibility index (Phi) is 7.35. The summed E-state index contributed by atoms with van der Waals surface area (Å²) in [6, 6.07) is 5.05. The molecule has 0 aromatic heterocycles. The van der Waals surface area contributed by atoms with Crippen LogP contribution in [0.4, 0.5) is 26.3 Å². The fraction of sp³-hybridized carbons (Fsp3) is 0.400. The van der Waals surface area contributed by atoms with Gasteiger partial charge >= 0.3 is 18.3 Å². The zero-order chi connectivity index (χ0) is 26.4. The van der Waals surface area contributed by atoms with Gasteiger partial charge in [-0.3, -0.25) is 9.69 Å². The zero-order valence-corrected chi connectivity index (χ0v) is 21.2. The van der Waals surface area contributed by atoms with Crippen LogP contribution in [-0.2, 0) is 30.2 Å². The number of alkyl halides is 6. The third-order valence-electron chi connectivity index (χ3n) is 6.67. The topological polar surface area (TPSA) is 49.8 Å². The van der Waals surface area contributed by atoms with E-state index in [9.17, 15) is 31.1 Å². The standard InChI is InChI=1S/C25H22F6INO3/c1-13-14(9-33-10-16(11-33)23(34)35)3-5-19-18(13)6-7-21(22(19)32)36-12-15-2-4-17(24(26,27)28)8-20(15)25(29,30)31/h2,4,6-8,16H,3,5,9-12H2,1H3,(H,34,35). The first-order valence-corrected chi connectivity index (χ1v) is 12.2. The average Bonchev–Trinajstić information content (AvgIpc) is 2.75. The molecule has 36 heavy (non-hydrogen) atoms. The summed E-state index contributed by atoms with van der Waals surface area (Å²) < 4.78 is 85.5. The molecule has 11 heteroatoms. The van der Waals surface area contributed by atoms with Gasteiger partial charge in [0, 0.05) is 25.2 Å². The van der Waals surface area contributed by atoms with Crippen molar-refractivity contribution in [2.24, 2.45) is 5.92 Å². The molecule has 1 aliphatic heterocycles. The molecule has 0 unspecified atom stereocenters. The highest BCUT2D eigenvalue weighted by molar-refractivity contribution is 14.1. The van der Waals surface area contributed by atoms with Crippen LogP contribution >= 0.6 is 22.6 Å². The number of ether oxygens (including phenoxy) is 1. The molecule has 0 atom stereocenters. The lowest BCUT2D eigenvalue weighted by Crippen LogP contribution is -2.50. The van der Waals surface area contributed by atoms with Crippen LogP contribution in [0.5, 0.6) is 5.75 Å². The van der Waals surface area contributed by atoms with Gasteiger partial charge in [0.15, 0.2) is 0 Å². The fourth-order valence-corrected chi connectivity index (χ4v) is 5.48. The smallest absolute Gasteiger partial charge is 0.416 e. The van der Waals surface area contributed by atoms with Crippen molar-refractivity contribution in [3.63, 3.8) is 0 Å². The first-order valence-electron chi connectivity index (χ1n) is 11.1. The molecule has 1 fully saturated rings. The summed E-state index contributed by atoms with van der Waals surface area (Å²) in [7, 11) is 0. The van der Waals surface area contributed by atoms with Gasteiger partial charge in [0.05, 0.1) is 20.6 Å². The molecule has 0 bridgehead atoms. The predicted octanol–water partition coefficient (Wildman–Crippen LogP) is 6.64. The molecule has 4 rings (SSSR count). The summed E-state index contributed by atoms with van der Waals surface area (Å²) in [4.78, 5) is 13.1. The number of hydrogen-bond acceptors (Lipinski definition) is 3. The van der Waals surface area contributed by atoms with Crippen molar-refractivity contribution < 1.29 is 41.0 Å². The molecule has 1 heterocycles. The second-order valence-corrected chi connectivity index (χ2v) is 10.1. The quantitative estimate of drug-likeness (QED) is 0.289. The van der Waals surface area contributed by atoms with Crippen molar-refractivity contribution in [1.82, 2.24) is 4.90 Å². The second-order valence-electron chi connectivity index (χ2n) is 9.02. The van der Waals surface area contributed by atoms with Gasteiger partial charge in [-0.15, -0.1) is 0 Å². The molecule has 0 radical (unpaired) electrons. The lowest BCUT2D eigenvalue weighted by Gasteiger charge is -2.38. The van der Waals surface area contributed by atoms with Crippen LogP contribution in [0.15, 0.2) is 35.9 Å². The number of aliphatic carboxylic acids is 1. The summed E-state index contributed by atoms with van der Waals surface area (Å²) >= 11 is 2.08. The van der Waals surface area contributed by atoms with Gasteiger partial charge in [-0.05, 0) is 77.3 Å². The molecular weight excluding hydrogens is 603 g/mol. The van der Waals surface area contributed by atoms with Crippen LogP contribution in [0.1, 0.15) is 41.2 Å². The maximum Gasteiger partial charge on any atom is 0.416 e. The van der Waals surface area contributed by atoms with E-state index in [1.54, 1.807) is 6.07 Å². The number of carbonyl (C=O) groups is 1. The first kappa shape index (κ1) is 26.8. The van der Waals surface area contributed by atoms with E-state index in [0.717, 1.165) is 32.8 Å². The van der Waals surface area contributed by atoms with E-state index >= 15 is 0 Å². The Morgan fingerprint density at radius 2 is 1.78 bits per heavy atom. The van der Waals surface area contributed by atoms with Crippen LogP contribution < -0.4 is 4.74 Å². The van der Waals surface area contributed by atoms with Gasteiger partial charge in [0.1, 0.15) is 12.4 Å². The number of fused-ring (bicyclic) bond motifs is 1. The molecule has 0 spiro atoms. The van der Waals surface area contributed by atoms with Crippen LogP contribution in [0.3, 0.4) is 0 Å². The number of nitrogens with zero attached hydrogens (tertiary/aromatic N) is 1. The molecule has 0 amide bonds. The Hall–Kier alpha value is -2.28. The van der Waals surface area contributed by atoms with Crippen molar-refractivity contribution in [1.29, 1.82) is 0 Å². The Bertz CT molecular complexity index is 1220. The van der Waals surface area contributed by atoms with Crippen molar-refractivity contribution in [3.8, 4) is 5.75 Å². The summed E-state index contributed by atoms with van der Waals surface area (Å²) in [5.41, 5.74) is 1.20. The third-order valence-corrected chi connectivity index (χ3v) is 7.85. The Morgan fingerprint density at radius 3 is 2.39 bits per heavy atom. The number of carboxylic acid groups (broad SMARTS) is 1. The minimum absolute atomic E-state index is 0.114. The highest BCUT2D eigenvalue weighted by Gasteiger charge is 2.38. The molecule has 2 aromatic rings. The van der Waals surface area contributed by atoms with Crippen LogP contribution in [0, 0.1) is 9.49 Å². The van der Waals surface area contributed by atoms with Crippen LogP contribution in [0.2, 0.25) is 0 Å². The second kappa shape index (κ2) is 9.88. The molecule has 2 aliphatic rings. The molecule has 0 saturated carbocycles. The number of benzene rings is 2. The summed E-state index contributed by atoms with van der Waals surface area (Å²) in [6.07, 6.45) is -8.38. The number of carboxylic acids is 1. The van der Waals surface area contributed by atoms with E-state index in [1.165, 1.54) is 5.57 Å². The maximum atomic E-state index is 13.4. The van der Waals surface area contributed by atoms with Gasteiger partial charge in [0.25, 0.3) is 0 Å². The Labute approximate surface area is 217 Å². The first-order chi connectivity index (χ1) is 16.8. The molecular formula is C25H22F6INO3. The van der Waals surface area contributed by atoms with E-state index < -0.39 is 36.1 Å². The monoisotopic (exact) mass is 625 g/mol. The van der Waals surface area contributed by atoms with E-state index in [2.05, 4.69) is 27.5 Å². The van der Waals surface area contributed by atoms with Gasteiger partial charge in [-0.1, -0.05) is 17.7 Å². The summed E-state index contributed by atoms with van der Waals surface area (Å²) in [5, 5.41) is 9.06. The van der Waals surface area contributed by atoms with Gasteiger partial charge < -0.3 is 9.84 Å². The Balaban J connectivity index is 1.52. The van der Waals surface area contributed by atoms with Gasteiger partial charge in [-0.25, -0.2) is 0 Å². The molecule has 1 N–H and O–H groups in total. The van der Waals surface area contributed by atoms with Gasteiger partial charge in [-0.2, -0.15) is 26.3 Å². The van der Waals surface area contributed by atoms with E-state index in [-0.39, 0.29) is 17.5 Å². The number of allylic oxidation sites excluding steroid dienone is 1. The lowest BCUT2D eigenvalue weighted by atomic mass is 9.85. The highest BCUT2D eigenvalue weighted by Crippen LogP contribution is 2.40. The normalized spacial score (nSPS) is 17.1. The molecule has 1 aliphatic carbocycles. The van der Waals surface area contributed by atoms with E-state index in [1.807, 2.05) is 13.0 Å².